The maximum atomic E-state index is 6.20. The van der Waals surface area contributed by atoms with Crippen molar-refractivity contribution in [3.05, 3.63) is 113 Å². The number of aryl methyl sites for hydroxylation is 1. The molecule has 280 valence electrons. The fraction of sp³-hybridized carbons (Fsp3) is 0.366. The van der Waals surface area contributed by atoms with Crippen molar-refractivity contribution in [3.8, 4) is 0 Å². The Labute approximate surface area is 323 Å². The Kier molecular flexibility index (Phi) is 12.7. The molecule has 0 radical (unpaired) electrons. The zero-order chi connectivity index (χ0) is 37.5. The van der Waals surface area contributed by atoms with Gasteiger partial charge < -0.3 is 20.9 Å². The molecule has 53 heavy (non-hydrogen) atoms. The van der Waals surface area contributed by atoms with Crippen molar-refractivity contribution < 1.29 is 0 Å². The number of pyridine rings is 2. The van der Waals surface area contributed by atoms with Gasteiger partial charge in [0.25, 0.3) is 0 Å². The third kappa shape index (κ3) is 9.55. The Morgan fingerprint density at radius 2 is 1.04 bits per heavy atom. The number of nitrogens with zero attached hydrogens (tertiary/aromatic N) is 8. The largest absolute Gasteiger partial charge is 0.399 e. The summed E-state index contributed by atoms with van der Waals surface area (Å²) in [4.78, 5) is 18.5. The normalized spacial score (nSPS) is 15.4. The van der Waals surface area contributed by atoms with E-state index < -0.39 is 0 Å². The molecule has 2 aliphatic rings. The van der Waals surface area contributed by atoms with Crippen molar-refractivity contribution in [2.24, 2.45) is 0 Å². The number of imidazole rings is 2. The number of halogens is 2. The Balaban J connectivity index is 0.000000151. The van der Waals surface area contributed by atoms with E-state index in [4.69, 9.17) is 28.9 Å². The van der Waals surface area contributed by atoms with Gasteiger partial charge in [0.05, 0.1) is 5.69 Å². The quantitative estimate of drug-likeness (QED) is 0.130. The van der Waals surface area contributed by atoms with Crippen molar-refractivity contribution in [2.45, 2.75) is 46.7 Å². The molecule has 2 saturated heterocycles. The van der Waals surface area contributed by atoms with E-state index in [1.54, 1.807) is 12.4 Å². The molecule has 8 rings (SSSR count). The molecule has 0 spiro atoms. The first-order chi connectivity index (χ1) is 25.6. The highest BCUT2D eigenvalue weighted by Crippen LogP contribution is 2.26. The summed E-state index contributed by atoms with van der Waals surface area (Å²) in [7, 11) is 0. The zero-order valence-electron chi connectivity index (χ0n) is 31.5. The maximum absolute atomic E-state index is 6.20. The molecule has 6 heterocycles. The lowest BCUT2D eigenvalue weighted by atomic mass is 10.2. The van der Waals surface area contributed by atoms with E-state index in [2.05, 4.69) is 99.0 Å². The lowest BCUT2D eigenvalue weighted by Crippen LogP contribution is -2.48. The van der Waals surface area contributed by atoms with E-state index >= 15 is 0 Å². The lowest BCUT2D eigenvalue weighted by molar-refractivity contribution is 0.209. The molecule has 6 aromatic rings. The van der Waals surface area contributed by atoms with Crippen molar-refractivity contribution in [2.75, 3.05) is 73.2 Å². The number of piperazine rings is 2. The van der Waals surface area contributed by atoms with E-state index in [1.165, 1.54) is 11.4 Å². The molecular formula is C41H52Cl2N10. The highest BCUT2D eigenvalue weighted by atomic mass is 35.5. The summed E-state index contributed by atoms with van der Waals surface area (Å²) in [5.41, 5.74) is 14.0. The molecule has 3 N–H and O–H groups in total. The van der Waals surface area contributed by atoms with Gasteiger partial charge in [-0.2, -0.15) is 0 Å². The summed E-state index contributed by atoms with van der Waals surface area (Å²) < 4.78 is 3.73. The Morgan fingerprint density at radius 3 is 1.53 bits per heavy atom. The summed E-state index contributed by atoms with van der Waals surface area (Å²) in [6.07, 6.45) is 7.22. The van der Waals surface area contributed by atoms with Gasteiger partial charge in [-0.25, -0.2) is 9.97 Å². The molecule has 2 aliphatic heterocycles. The van der Waals surface area contributed by atoms with Crippen LogP contribution in [-0.4, -0.2) is 93.0 Å². The van der Waals surface area contributed by atoms with E-state index in [1.807, 2.05) is 64.5 Å². The van der Waals surface area contributed by atoms with Gasteiger partial charge in [0, 0.05) is 112 Å². The number of benzene rings is 2. The predicted molar refractivity (Wildman–Crippen MR) is 224 cm³/mol. The molecule has 2 fully saturated rings. The van der Waals surface area contributed by atoms with Crippen LogP contribution < -0.4 is 20.9 Å². The van der Waals surface area contributed by atoms with Crippen molar-refractivity contribution in [1.29, 1.82) is 0 Å². The van der Waals surface area contributed by atoms with Gasteiger partial charge in [0.1, 0.15) is 16.0 Å². The first-order valence-electron chi connectivity index (χ1n) is 18.5. The van der Waals surface area contributed by atoms with Crippen molar-refractivity contribution in [1.82, 2.24) is 28.6 Å². The van der Waals surface area contributed by atoms with Crippen LogP contribution in [0.2, 0.25) is 10.3 Å². The third-order valence-electron chi connectivity index (χ3n) is 10.1. The number of hydrogen-bond donors (Lipinski definition) is 2. The summed E-state index contributed by atoms with van der Waals surface area (Å²) in [5, 5.41) is 4.79. The van der Waals surface area contributed by atoms with E-state index in [9.17, 15) is 0 Å². The zero-order valence-corrected chi connectivity index (χ0v) is 33.0. The van der Waals surface area contributed by atoms with Crippen molar-refractivity contribution in [3.63, 3.8) is 0 Å². The van der Waals surface area contributed by atoms with Gasteiger partial charge in [0.15, 0.2) is 5.65 Å². The Morgan fingerprint density at radius 1 is 0.585 bits per heavy atom. The molecule has 4 aromatic heterocycles. The number of fused-ring (bicyclic) bond motifs is 2. The molecule has 0 unspecified atom stereocenters. The van der Waals surface area contributed by atoms with Crippen LogP contribution in [0, 0.1) is 6.92 Å². The molecule has 0 bridgehead atoms. The standard InChI is InChI=1S/C20H24ClN5.C13H21N3.C8H7ClN2/c1-15(2)24-11-13-25(14-12-24)17-5-3-16(4-6-17)23-18-7-8-19(21)26-10-9-22-20(18)26;1-11(2)15-7-9-16(10-8-15)13-5-3-12(14)4-6-13;1-6-2-3-7(9)11-5-4-10-8(6)11/h3-10,15,23H,11-14H2,1-2H3;3-6,11H,7-10,14H2,1-2H3;2-5H,1H3. The molecule has 2 aromatic carbocycles. The topological polar surface area (TPSA) is 85.6 Å². The van der Waals surface area contributed by atoms with Gasteiger partial charge in [-0.3, -0.25) is 18.6 Å². The van der Waals surface area contributed by atoms with Crippen LogP contribution in [0.5, 0.6) is 0 Å². The summed E-state index contributed by atoms with van der Waals surface area (Å²) in [6, 6.07) is 25.8. The SMILES string of the molecule is CC(C)N1CCN(c2ccc(N)cc2)CC1.CC(C)N1CCN(c2ccc(Nc3ccc(Cl)n4ccnc34)cc2)CC1.Cc1ccc(Cl)n2ccnc12. The van der Waals surface area contributed by atoms with Crippen LogP contribution in [0.4, 0.5) is 28.4 Å². The van der Waals surface area contributed by atoms with Crippen LogP contribution in [-0.2, 0) is 0 Å². The molecule has 0 aliphatic carbocycles. The summed E-state index contributed by atoms with van der Waals surface area (Å²) >= 11 is 12.1. The molecule has 0 saturated carbocycles. The van der Waals surface area contributed by atoms with Gasteiger partial charge in [0.2, 0.25) is 0 Å². The minimum absolute atomic E-state index is 0.627. The first kappa shape index (κ1) is 38.3. The molecular weight excluding hydrogens is 703 g/mol. The van der Waals surface area contributed by atoms with Crippen LogP contribution in [0.25, 0.3) is 11.3 Å². The predicted octanol–water partition coefficient (Wildman–Crippen LogP) is 8.36. The monoisotopic (exact) mass is 754 g/mol. The highest BCUT2D eigenvalue weighted by Gasteiger charge is 2.20. The second kappa shape index (κ2) is 17.6. The summed E-state index contributed by atoms with van der Waals surface area (Å²) in [6.45, 7) is 20.0. The lowest BCUT2D eigenvalue weighted by Gasteiger charge is -2.38. The minimum Gasteiger partial charge on any atom is -0.399 e. The molecule has 12 heteroatoms. The van der Waals surface area contributed by atoms with Gasteiger partial charge >= 0.3 is 0 Å². The number of nitrogens with one attached hydrogen (secondary N) is 1. The number of nitrogens with two attached hydrogens (primary N) is 1. The second-order valence-corrected chi connectivity index (χ2v) is 14.9. The average molecular weight is 756 g/mol. The maximum Gasteiger partial charge on any atom is 0.161 e. The number of hydrogen-bond acceptors (Lipinski definition) is 8. The van der Waals surface area contributed by atoms with Crippen LogP contribution in [0.1, 0.15) is 33.3 Å². The number of nitrogen functional groups attached to an aromatic ring is 1. The van der Waals surface area contributed by atoms with Gasteiger partial charge in [-0.05, 0) is 107 Å². The van der Waals surface area contributed by atoms with E-state index in [-0.39, 0.29) is 0 Å². The molecule has 10 nitrogen and oxygen atoms in total. The van der Waals surface area contributed by atoms with Crippen LogP contribution in [0.3, 0.4) is 0 Å². The summed E-state index contributed by atoms with van der Waals surface area (Å²) in [5.74, 6) is 0. The fourth-order valence-electron chi connectivity index (χ4n) is 6.79. The Bertz CT molecular complexity index is 2000. The smallest absolute Gasteiger partial charge is 0.161 e. The first-order valence-corrected chi connectivity index (χ1v) is 19.2. The van der Waals surface area contributed by atoms with Gasteiger partial charge in [-0.1, -0.05) is 29.3 Å². The van der Waals surface area contributed by atoms with Crippen LogP contribution in [0.15, 0.2) is 97.6 Å². The number of anilines is 5. The molecule has 0 atom stereocenters. The average Bonchev–Trinajstić information content (AvgIpc) is 3.89. The van der Waals surface area contributed by atoms with E-state index in [0.29, 0.717) is 22.4 Å². The third-order valence-corrected chi connectivity index (χ3v) is 10.7. The van der Waals surface area contributed by atoms with Crippen LogP contribution >= 0.6 is 23.2 Å². The fourth-order valence-corrected chi connectivity index (χ4v) is 7.18. The van der Waals surface area contributed by atoms with E-state index in [0.717, 1.165) is 86.3 Å². The number of aromatic nitrogens is 4. The van der Waals surface area contributed by atoms with Crippen molar-refractivity contribution >= 4 is 62.9 Å². The highest BCUT2D eigenvalue weighted by molar-refractivity contribution is 6.30. The number of rotatable bonds is 6. The second-order valence-electron chi connectivity index (χ2n) is 14.1. The Hall–Kier alpha value is -4.48. The molecule has 0 amide bonds. The van der Waals surface area contributed by atoms with Gasteiger partial charge in [-0.15, -0.1) is 0 Å². The minimum atomic E-state index is 0.627.